The minimum atomic E-state index is 1.11. The Labute approximate surface area is 356 Å². The van der Waals surface area contributed by atoms with Gasteiger partial charge in [-0.15, -0.1) is 22.7 Å². The summed E-state index contributed by atoms with van der Waals surface area (Å²) in [5.74, 6) is 0. The van der Waals surface area contributed by atoms with Crippen LogP contribution >= 0.6 is 22.7 Å². The number of fused-ring (bicyclic) bond motifs is 8. The van der Waals surface area contributed by atoms with Crippen molar-refractivity contribution in [2.75, 3.05) is 9.80 Å². The minimum absolute atomic E-state index is 1.11. The Morgan fingerprint density at radius 2 is 0.633 bits per heavy atom. The molecule has 282 valence electrons. The molecule has 12 aromatic rings. The lowest BCUT2D eigenvalue weighted by Gasteiger charge is -2.31. The van der Waals surface area contributed by atoms with Crippen LogP contribution in [0.5, 0.6) is 0 Å². The second kappa shape index (κ2) is 14.2. The summed E-state index contributed by atoms with van der Waals surface area (Å²) in [5, 5.41) is 9.99. The first kappa shape index (κ1) is 34.8. The van der Waals surface area contributed by atoms with Gasteiger partial charge in [-0.05, 0) is 82.2 Å². The van der Waals surface area contributed by atoms with Gasteiger partial charge in [0.1, 0.15) is 0 Å². The summed E-state index contributed by atoms with van der Waals surface area (Å²) >= 11 is 3.74. The molecule has 4 heteroatoms. The van der Waals surface area contributed by atoms with Crippen molar-refractivity contribution in [1.29, 1.82) is 0 Å². The summed E-state index contributed by atoms with van der Waals surface area (Å²) in [7, 11) is 0. The Hall–Kier alpha value is -7.24. The first-order valence-corrected chi connectivity index (χ1v) is 22.0. The molecule has 0 N–H and O–H groups in total. The third-order valence-electron chi connectivity index (χ3n) is 11.8. The van der Waals surface area contributed by atoms with Crippen molar-refractivity contribution in [2.24, 2.45) is 0 Å². The van der Waals surface area contributed by atoms with Gasteiger partial charge >= 0.3 is 0 Å². The van der Waals surface area contributed by atoms with Gasteiger partial charge in [0.25, 0.3) is 0 Å². The molecule has 2 aromatic heterocycles. The number of hydrogen-bond acceptors (Lipinski definition) is 4. The van der Waals surface area contributed by atoms with Crippen LogP contribution in [-0.2, 0) is 0 Å². The van der Waals surface area contributed by atoms with Gasteiger partial charge in [0, 0.05) is 53.4 Å². The molecule has 2 heterocycles. The zero-order valence-corrected chi connectivity index (χ0v) is 34.1. The normalized spacial score (nSPS) is 11.7. The first-order valence-electron chi connectivity index (χ1n) is 20.3. The molecule has 0 aliphatic rings. The van der Waals surface area contributed by atoms with Gasteiger partial charge in [-0.1, -0.05) is 158 Å². The summed E-state index contributed by atoms with van der Waals surface area (Å²) in [6.45, 7) is 0. The molecule has 12 rings (SSSR count). The van der Waals surface area contributed by atoms with Crippen molar-refractivity contribution in [3.05, 3.63) is 218 Å². The van der Waals surface area contributed by atoms with Crippen molar-refractivity contribution < 1.29 is 0 Å². The molecular formula is C56H36N2S2. The lowest BCUT2D eigenvalue weighted by atomic mass is 9.97. The monoisotopic (exact) mass is 800 g/mol. The van der Waals surface area contributed by atoms with Crippen LogP contribution < -0.4 is 9.80 Å². The number of anilines is 6. The van der Waals surface area contributed by atoms with E-state index in [0.717, 1.165) is 45.3 Å². The van der Waals surface area contributed by atoms with Crippen molar-refractivity contribution in [1.82, 2.24) is 0 Å². The summed E-state index contributed by atoms with van der Waals surface area (Å²) in [4.78, 5) is 4.98. The number of nitrogens with zero attached hydrogens (tertiary/aromatic N) is 2. The first-order chi connectivity index (χ1) is 29.8. The zero-order chi connectivity index (χ0) is 39.6. The number of hydrogen-bond donors (Lipinski definition) is 0. The SMILES string of the molecule is c1ccc(N(c2ccc3ccccc3c2)c2cccc3c2sc2ccccc23)c(-c2ccccc2N(c2ccc3ccccc3c2)c2cccc3c2sc2ccccc23)c1. The van der Waals surface area contributed by atoms with Crippen LogP contribution in [0.4, 0.5) is 34.1 Å². The van der Waals surface area contributed by atoms with Gasteiger partial charge < -0.3 is 9.80 Å². The maximum Gasteiger partial charge on any atom is 0.0640 e. The fourth-order valence-corrected chi connectivity index (χ4v) is 11.5. The highest BCUT2D eigenvalue weighted by Gasteiger charge is 2.25. The van der Waals surface area contributed by atoms with Crippen LogP contribution in [-0.4, -0.2) is 0 Å². The maximum atomic E-state index is 2.49. The fraction of sp³-hybridized carbons (Fsp3) is 0. The third kappa shape index (κ3) is 5.68. The van der Waals surface area contributed by atoms with Crippen LogP contribution in [0.3, 0.4) is 0 Å². The van der Waals surface area contributed by atoms with Gasteiger partial charge in [0.2, 0.25) is 0 Å². The Kier molecular flexibility index (Phi) is 8.25. The molecular weight excluding hydrogens is 765 g/mol. The Morgan fingerprint density at radius 1 is 0.267 bits per heavy atom. The molecule has 10 aromatic carbocycles. The van der Waals surface area contributed by atoms with Crippen LogP contribution in [0.2, 0.25) is 0 Å². The van der Waals surface area contributed by atoms with E-state index < -0.39 is 0 Å². The van der Waals surface area contributed by atoms with Gasteiger partial charge in [-0.25, -0.2) is 0 Å². The highest BCUT2D eigenvalue weighted by Crippen LogP contribution is 2.51. The van der Waals surface area contributed by atoms with E-state index in [9.17, 15) is 0 Å². The van der Waals surface area contributed by atoms with Crippen LogP contribution in [0.25, 0.3) is 73.0 Å². The van der Waals surface area contributed by atoms with Gasteiger partial charge in [0.15, 0.2) is 0 Å². The predicted octanol–water partition coefficient (Wildman–Crippen LogP) is 17.3. The molecule has 0 saturated carbocycles. The second-order valence-corrected chi connectivity index (χ2v) is 17.4. The second-order valence-electron chi connectivity index (χ2n) is 15.3. The summed E-state index contributed by atoms with van der Waals surface area (Å²) < 4.78 is 5.12. The molecule has 0 aliphatic carbocycles. The van der Waals surface area contributed by atoms with E-state index in [1.165, 1.54) is 61.9 Å². The number of para-hydroxylation sites is 2. The Bertz CT molecular complexity index is 3360. The van der Waals surface area contributed by atoms with E-state index in [1.54, 1.807) is 0 Å². The van der Waals surface area contributed by atoms with E-state index in [0.29, 0.717) is 0 Å². The Morgan fingerprint density at radius 3 is 1.12 bits per heavy atom. The highest BCUT2D eigenvalue weighted by atomic mass is 32.1. The van der Waals surface area contributed by atoms with E-state index in [2.05, 4.69) is 228 Å². The van der Waals surface area contributed by atoms with E-state index in [4.69, 9.17) is 0 Å². The van der Waals surface area contributed by atoms with Crippen LogP contribution in [0.15, 0.2) is 218 Å². The van der Waals surface area contributed by atoms with Crippen LogP contribution in [0.1, 0.15) is 0 Å². The van der Waals surface area contributed by atoms with Crippen molar-refractivity contribution >= 4 is 119 Å². The van der Waals surface area contributed by atoms with Crippen LogP contribution in [0, 0.1) is 0 Å². The van der Waals surface area contributed by atoms with Gasteiger partial charge in [-0.3, -0.25) is 0 Å². The molecule has 0 fully saturated rings. The molecule has 0 aliphatic heterocycles. The molecule has 2 nitrogen and oxygen atoms in total. The van der Waals surface area contributed by atoms with Crippen molar-refractivity contribution in [3.8, 4) is 11.1 Å². The third-order valence-corrected chi connectivity index (χ3v) is 14.2. The van der Waals surface area contributed by atoms with Gasteiger partial charge in [-0.2, -0.15) is 0 Å². The van der Waals surface area contributed by atoms with Crippen molar-refractivity contribution in [3.63, 3.8) is 0 Å². The molecule has 0 spiro atoms. The predicted molar refractivity (Wildman–Crippen MR) is 262 cm³/mol. The van der Waals surface area contributed by atoms with E-state index in [-0.39, 0.29) is 0 Å². The molecule has 0 atom stereocenters. The summed E-state index contributed by atoms with van der Waals surface area (Å²) in [5.41, 5.74) is 9.08. The van der Waals surface area contributed by atoms with Gasteiger partial charge in [0.05, 0.1) is 32.1 Å². The maximum absolute atomic E-state index is 2.49. The highest BCUT2D eigenvalue weighted by molar-refractivity contribution is 7.26. The van der Waals surface area contributed by atoms with E-state index >= 15 is 0 Å². The average Bonchev–Trinajstić information content (AvgIpc) is 3.89. The van der Waals surface area contributed by atoms with E-state index in [1.807, 2.05) is 22.7 Å². The lowest BCUT2D eigenvalue weighted by Crippen LogP contribution is -2.14. The Balaban J connectivity index is 1.13. The number of rotatable bonds is 7. The smallest absolute Gasteiger partial charge is 0.0640 e. The molecule has 60 heavy (non-hydrogen) atoms. The summed E-state index contributed by atoms with van der Waals surface area (Å²) in [6, 6.07) is 80.1. The topological polar surface area (TPSA) is 6.48 Å². The molecule has 0 saturated heterocycles. The summed E-state index contributed by atoms with van der Waals surface area (Å²) in [6.07, 6.45) is 0. The fourth-order valence-electron chi connectivity index (χ4n) is 9.06. The lowest BCUT2D eigenvalue weighted by molar-refractivity contribution is 1.29. The standard InChI is InChI=1S/C56H36N2S2/c1-3-17-39-35-41(33-31-37(39)15-1)57(51-27-13-23-47-45-21-7-11-29-53(45)59-55(47)51)49-25-9-5-19-43(49)44-20-6-10-26-50(44)58(42-34-32-38-16-2-4-18-40(38)36-42)52-28-14-24-48-46-22-8-12-30-54(46)60-56(48)52/h1-36H. The number of benzene rings is 10. The molecule has 0 radical (unpaired) electrons. The molecule has 0 amide bonds. The average molecular weight is 801 g/mol. The quantitative estimate of drug-likeness (QED) is 0.158. The number of thiophene rings is 2. The van der Waals surface area contributed by atoms with Crippen molar-refractivity contribution in [2.45, 2.75) is 0 Å². The molecule has 0 unspecified atom stereocenters. The molecule has 0 bridgehead atoms. The minimum Gasteiger partial charge on any atom is -0.308 e. The zero-order valence-electron chi connectivity index (χ0n) is 32.5. The largest absolute Gasteiger partial charge is 0.308 e.